The molecule has 0 unspecified atom stereocenters. The molecule has 2 saturated heterocycles. The van der Waals surface area contributed by atoms with E-state index in [1.165, 1.54) is 18.2 Å². The van der Waals surface area contributed by atoms with Gasteiger partial charge < -0.3 is 14.9 Å². The van der Waals surface area contributed by atoms with Crippen LogP contribution in [0.3, 0.4) is 0 Å². The second-order valence-electron chi connectivity index (χ2n) is 9.75. The van der Waals surface area contributed by atoms with Crippen LogP contribution in [0.2, 0.25) is 5.02 Å². The number of nitrogens with zero attached hydrogens (tertiary/aromatic N) is 2. The van der Waals surface area contributed by atoms with Crippen molar-refractivity contribution in [3.8, 4) is 5.75 Å². The molecule has 2 aliphatic heterocycles. The molecule has 2 N–H and O–H groups in total. The Bertz CT molecular complexity index is 1240. The van der Waals surface area contributed by atoms with Gasteiger partial charge in [-0.2, -0.15) is 0 Å². The van der Waals surface area contributed by atoms with Crippen LogP contribution in [0.5, 0.6) is 5.75 Å². The van der Waals surface area contributed by atoms with Gasteiger partial charge in [0.15, 0.2) is 11.6 Å². The van der Waals surface area contributed by atoms with Gasteiger partial charge >= 0.3 is 0 Å². The van der Waals surface area contributed by atoms with Crippen LogP contribution < -0.4 is 9.62 Å². The molecule has 2 aliphatic rings. The van der Waals surface area contributed by atoms with Crippen LogP contribution in [0.15, 0.2) is 35.2 Å². The maximum atomic E-state index is 14.7. The minimum atomic E-state index is -4.04. The lowest BCUT2D eigenvalue weighted by atomic mass is 10.1. The highest BCUT2D eigenvalue weighted by molar-refractivity contribution is 7.89. The normalized spacial score (nSPS) is 20.6. The van der Waals surface area contributed by atoms with Crippen LogP contribution in [-0.4, -0.2) is 55.0 Å². The third-order valence-electron chi connectivity index (χ3n) is 5.98. The molecule has 7 nitrogen and oxygen atoms in total. The molecule has 11 heteroatoms. The van der Waals surface area contributed by atoms with Crippen molar-refractivity contribution < 1.29 is 27.1 Å². The van der Waals surface area contributed by atoms with Gasteiger partial charge in [0, 0.05) is 30.7 Å². The number of carbonyl (C=O) groups excluding carboxylic acids is 1. The second-order valence-corrected chi connectivity index (χ2v) is 11.8. The molecule has 1 amide bonds. The average Bonchev–Trinajstić information content (AvgIpc) is 2.96. The molecule has 0 aromatic heterocycles. The van der Waals surface area contributed by atoms with Gasteiger partial charge in [0.2, 0.25) is 10.0 Å². The fraction of sp³-hybridized carbons (Fsp3) is 0.435. The number of rotatable bonds is 4. The lowest BCUT2D eigenvalue weighted by molar-refractivity contribution is 0.0718. The topological polar surface area (TPSA) is 89.9 Å². The predicted molar refractivity (Wildman–Crippen MR) is 125 cm³/mol. The minimum Gasteiger partial charge on any atom is -0.503 e. The molecular formula is C23H26ClF2N3O4S. The molecule has 2 aromatic rings. The molecule has 2 heterocycles. The Morgan fingerprint density at radius 3 is 2.29 bits per heavy atom. The van der Waals surface area contributed by atoms with Crippen molar-refractivity contribution in [3.05, 3.63) is 52.6 Å². The Balaban J connectivity index is 1.64. The van der Waals surface area contributed by atoms with Crippen LogP contribution in [-0.2, 0) is 10.0 Å². The summed E-state index contributed by atoms with van der Waals surface area (Å²) >= 11 is 6.07. The molecule has 0 spiro atoms. The molecule has 0 radical (unpaired) electrons. The molecular weight excluding hydrogens is 488 g/mol. The number of benzene rings is 2. The molecule has 0 aliphatic carbocycles. The first-order valence-electron chi connectivity index (χ1n) is 10.9. The van der Waals surface area contributed by atoms with Crippen molar-refractivity contribution >= 4 is 33.2 Å². The van der Waals surface area contributed by atoms with Crippen LogP contribution in [0.4, 0.5) is 14.5 Å². The van der Waals surface area contributed by atoms with Crippen molar-refractivity contribution in [3.63, 3.8) is 0 Å². The standard InChI is InChI=1S/C23H26ClF2N3O4S/c1-23(2,3)27-34(32,33)16-9-19(26)21(30)20(10-16)29-14-5-6-15(29)12-28(11-14)22(31)17-7-4-13(25)8-18(17)24/h4,7-10,14-15,27,30H,5-6,11-12H2,1-3H3/t14-,15+. The molecule has 184 valence electrons. The van der Waals surface area contributed by atoms with E-state index < -0.39 is 32.9 Å². The molecule has 34 heavy (non-hydrogen) atoms. The highest BCUT2D eigenvalue weighted by Crippen LogP contribution is 2.42. The Morgan fingerprint density at radius 1 is 1.12 bits per heavy atom. The summed E-state index contributed by atoms with van der Waals surface area (Å²) in [5, 5.41) is 10.5. The Labute approximate surface area is 202 Å². The van der Waals surface area contributed by atoms with E-state index in [1.54, 1.807) is 30.6 Å². The molecule has 4 rings (SSSR count). The fourth-order valence-corrected chi connectivity index (χ4v) is 6.37. The summed E-state index contributed by atoms with van der Waals surface area (Å²) in [4.78, 5) is 16.1. The van der Waals surface area contributed by atoms with Gasteiger partial charge in [-0.25, -0.2) is 21.9 Å². The van der Waals surface area contributed by atoms with Gasteiger partial charge in [-0.1, -0.05) is 11.6 Å². The number of hydrogen-bond donors (Lipinski definition) is 2. The number of halogens is 3. The van der Waals surface area contributed by atoms with Crippen molar-refractivity contribution in [2.75, 3.05) is 18.0 Å². The first kappa shape index (κ1) is 24.7. The number of hydrogen-bond acceptors (Lipinski definition) is 5. The number of phenolic OH excluding ortho intramolecular Hbond substituents is 1. The van der Waals surface area contributed by atoms with E-state index >= 15 is 0 Å². The van der Waals surface area contributed by atoms with Gasteiger partial charge in [0.1, 0.15) is 5.82 Å². The van der Waals surface area contributed by atoms with Crippen molar-refractivity contribution in [2.24, 2.45) is 0 Å². The second kappa shape index (κ2) is 8.66. The lowest BCUT2D eigenvalue weighted by Gasteiger charge is -2.42. The minimum absolute atomic E-state index is 0.0174. The number of likely N-dealkylation sites (tertiary alicyclic amines) is 1. The van der Waals surface area contributed by atoms with Crippen molar-refractivity contribution in [1.82, 2.24) is 9.62 Å². The predicted octanol–water partition coefficient (Wildman–Crippen LogP) is 3.89. The highest BCUT2D eigenvalue weighted by Gasteiger charge is 2.43. The Kier molecular flexibility index (Phi) is 6.28. The largest absolute Gasteiger partial charge is 0.503 e. The quantitative estimate of drug-likeness (QED) is 0.647. The van der Waals surface area contributed by atoms with Gasteiger partial charge in [0.05, 0.1) is 21.2 Å². The van der Waals surface area contributed by atoms with Gasteiger partial charge in [0.25, 0.3) is 5.91 Å². The van der Waals surface area contributed by atoms with E-state index in [0.29, 0.717) is 12.8 Å². The molecule has 2 fully saturated rings. The van der Waals surface area contributed by atoms with E-state index in [2.05, 4.69) is 4.72 Å². The summed E-state index contributed by atoms with van der Waals surface area (Å²) in [5.74, 6) is -2.56. The van der Waals surface area contributed by atoms with Crippen LogP contribution in [0.1, 0.15) is 44.0 Å². The molecule has 0 saturated carbocycles. The number of nitrogens with one attached hydrogen (secondary N) is 1. The Hall–Kier alpha value is -2.43. The summed E-state index contributed by atoms with van der Waals surface area (Å²) in [7, 11) is -4.04. The average molecular weight is 514 g/mol. The summed E-state index contributed by atoms with van der Waals surface area (Å²) in [6.45, 7) is 5.55. The van der Waals surface area contributed by atoms with Crippen molar-refractivity contribution in [2.45, 2.75) is 56.1 Å². The monoisotopic (exact) mass is 513 g/mol. The lowest BCUT2D eigenvalue weighted by Crippen LogP contribution is -2.55. The van der Waals surface area contributed by atoms with Crippen LogP contribution in [0.25, 0.3) is 0 Å². The van der Waals surface area contributed by atoms with Gasteiger partial charge in [-0.05, 0) is 63.9 Å². The number of fused-ring (bicyclic) bond motifs is 2. The summed E-state index contributed by atoms with van der Waals surface area (Å²) in [6, 6.07) is 5.13. The number of aromatic hydroxyl groups is 1. The number of sulfonamides is 1. The number of anilines is 1. The first-order valence-corrected chi connectivity index (χ1v) is 12.7. The number of piperazine rings is 1. The zero-order chi connectivity index (χ0) is 25.0. The third kappa shape index (κ3) is 4.71. The Morgan fingerprint density at radius 2 is 1.74 bits per heavy atom. The zero-order valence-electron chi connectivity index (χ0n) is 19.0. The van der Waals surface area contributed by atoms with E-state index in [4.69, 9.17) is 11.6 Å². The first-order chi connectivity index (χ1) is 15.8. The maximum Gasteiger partial charge on any atom is 0.255 e. The van der Waals surface area contributed by atoms with Crippen LogP contribution in [0, 0.1) is 11.6 Å². The SMILES string of the molecule is CC(C)(C)NS(=O)(=O)c1cc(F)c(O)c(N2[C@@H]3CC[C@H]2CN(C(=O)c2ccc(F)cc2Cl)C3)c1. The third-order valence-corrected chi connectivity index (χ3v) is 8.03. The van der Waals surface area contributed by atoms with Crippen molar-refractivity contribution in [1.29, 1.82) is 0 Å². The van der Waals surface area contributed by atoms with Crippen LogP contribution >= 0.6 is 11.6 Å². The molecule has 2 aromatic carbocycles. The van der Waals surface area contributed by atoms with Gasteiger partial charge in [-0.15, -0.1) is 0 Å². The van der Waals surface area contributed by atoms with E-state index in [0.717, 1.165) is 12.1 Å². The van der Waals surface area contributed by atoms with E-state index in [1.807, 2.05) is 0 Å². The number of phenols is 1. The molecule has 2 bridgehead atoms. The molecule has 2 atom stereocenters. The van der Waals surface area contributed by atoms with Gasteiger partial charge in [-0.3, -0.25) is 4.79 Å². The van der Waals surface area contributed by atoms with E-state index in [9.17, 15) is 27.1 Å². The summed E-state index contributed by atoms with van der Waals surface area (Å²) in [5.41, 5.74) is -0.514. The smallest absolute Gasteiger partial charge is 0.255 e. The maximum absolute atomic E-state index is 14.7. The summed E-state index contributed by atoms with van der Waals surface area (Å²) in [6.07, 6.45) is 1.34. The van der Waals surface area contributed by atoms with E-state index in [-0.39, 0.29) is 52.2 Å². The summed E-state index contributed by atoms with van der Waals surface area (Å²) < 4.78 is 56.2. The number of carbonyl (C=O) groups is 1. The fourth-order valence-electron chi connectivity index (χ4n) is 4.67. The number of amides is 1. The zero-order valence-corrected chi connectivity index (χ0v) is 20.6. The highest BCUT2D eigenvalue weighted by atomic mass is 35.5.